The van der Waals surface area contributed by atoms with Gasteiger partial charge in [-0.25, -0.2) is 0 Å². The summed E-state index contributed by atoms with van der Waals surface area (Å²) in [6.45, 7) is 6.02. The van der Waals surface area contributed by atoms with E-state index in [1.807, 2.05) is 30.0 Å². The molecule has 4 heteroatoms. The molecule has 0 aromatic heterocycles. The lowest BCUT2D eigenvalue weighted by Crippen LogP contribution is -2.49. The van der Waals surface area contributed by atoms with Gasteiger partial charge in [0, 0.05) is 32.6 Å². The van der Waals surface area contributed by atoms with Gasteiger partial charge in [0.15, 0.2) is 0 Å². The predicted octanol–water partition coefficient (Wildman–Crippen LogP) is 3.09. The number of para-hydroxylation sites is 2. The Kier molecular flexibility index (Phi) is 5.21. The van der Waals surface area contributed by atoms with Crippen molar-refractivity contribution >= 4 is 11.6 Å². The zero-order valence-electron chi connectivity index (χ0n) is 13.9. The van der Waals surface area contributed by atoms with Crippen LogP contribution in [0, 0.1) is 5.92 Å². The molecule has 1 heterocycles. The molecule has 1 aromatic rings. The van der Waals surface area contributed by atoms with E-state index in [0.29, 0.717) is 24.9 Å². The second kappa shape index (κ2) is 7.53. The molecular weight excluding hydrogens is 288 g/mol. The lowest BCUT2D eigenvalue weighted by molar-refractivity contribution is -0.132. The van der Waals surface area contributed by atoms with Gasteiger partial charge in [0.1, 0.15) is 5.75 Å². The van der Waals surface area contributed by atoms with Gasteiger partial charge >= 0.3 is 0 Å². The van der Waals surface area contributed by atoms with Crippen LogP contribution in [0.4, 0.5) is 5.69 Å². The van der Waals surface area contributed by atoms with Crippen LogP contribution in [-0.2, 0) is 4.79 Å². The quantitative estimate of drug-likeness (QED) is 0.783. The van der Waals surface area contributed by atoms with Crippen LogP contribution in [-0.4, -0.2) is 43.6 Å². The fraction of sp³-hybridized carbons (Fsp3) is 0.526. The number of hydrogen-bond acceptors (Lipinski definition) is 3. The van der Waals surface area contributed by atoms with Crippen LogP contribution in [0.1, 0.15) is 26.2 Å². The minimum atomic E-state index is 0.305. The molecule has 1 aromatic carbocycles. The van der Waals surface area contributed by atoms with Crippen LogP contribution < -0.4 is 9.64 Å². The molecule has 1 amide bonds. The number of hydrogen-bond donors (Lipinski definition) is 0. The number of rotatable bonds is 5. The fourth-order valence-corrected chi connectivity index (χ4v) is 3.41. The number of anilines is 1. The van der Waals surface area contributed by atoms with Gasteiger partial charge in [-0.2, -0.15) is 0 Å². The molecule has 1 aliphatic heterocycles. The van der Waals surface area contributed by atoms with Gasteiger partial charge in [-0.3, -0.25) is 4.79 Å². The molecule has 3 rings (SSSR count). The van der Waals surface area contributed by atoms with Crippen LogP contribution >= 0.6 is 0 Å². The highest BCUT2D eigenvalue weighted by Crippen LogP contribution is 2.29. The maximum absolute atomic E-state index is 12.4. The molecule has 0 bridgehead atoms. The number of ether oxygens (including phenoxy) is 1. The SMILES string of the molecule is CCOc1ccccc1N1CCN(C(=O)CC2C=CCC2)CC1. The van der Waals surface area contributed by atoms with E-state index in [0.717, 1.165) is 50.5 Å². The van der Waals surface area contributed by atoms with Crippen molar-refractivity contribution in [3.63, 3.8) is 0 Å². The molecule has 124 valence electrons. The first-order chi connectivity index (χ1) is 11.3. The molecule has 1 saturated heterocycles. The smallest absolute Gasteiger partial charge is 0.223 e. The lowest BCUT2D eigenvalue weighted by atomic mass is 10.0. The van der Waals surface area contributed by atoms with Crippen LogP contribution in [0.15, 0.2) is 36.4 Å². The number of carbonyl (C=O) groups is 1. The number of carbonyl (C=O) groups excluding carboxylic acids is 1. The largest absolute Gasteiger partial charge is 0.492 e. The number of benzene rings is 1. The van der Waals surface area contributed by atoms with E-state index in [2.05, 4.69) is 23.1 Å². The highest BCUT2D eigenvalue weighted by atomic mass is 16.5. The van der Waals surface area contributed by atoms with E-state index in [-0.39, 0.29) is 0 Å². The maximum atomic E-state index is 12.4. The third-order valence-electron chi connectivity index (χ3n) is 4.69. The zero-order chi connectivity index (χ0) is 16.1. The minimum absolute atomic E-state index is 0.305. The van der Waals surface area contributed by atoms with Crippen LogP contribution in [0.25, 0.3) is 0 Å². The molecule has 1 fully saturated rings. The third kappa shape index (κ3) is 3.87. The van der Waals surface area contributed by atoms with Crippen LogP contribution in [0.3, 0.4) is 0 Å². The summed E-state index contributed by atoms with van der Waals surface area (Å²) in [7, 11) is 0. The standard InChI is InChI=1S/C19H26N2O2/c1-2-23-18-10-6-5-9-17(18)20-11-13-21(14-12-20)19(22)15-16-7-3-4-8-16/h3,5-7,9-10,16H,2,4,8,11-15H2,1H3. The highest BCUT2D eigenvalue weighted by molar-refractivity contribution is 5.77. The fourth-order valence-electron chi connectivity index (χ4n) is 3.41. The number of allylic oxidation sites excluding steroid dienone is 2. The average Bonchev–Trinajstić information content (AvgIpc) is 3.09. The monoisotopic (exact) mass is 314 g/mol. The van der Waals surface area contributed by atoms with E-state index in [1.54, 1.807) is 0 Å². The minimum Gasteiger partial charge on any atom is -0.492 e. The molecule has 0 N–H and O–H groups in total. The van der Waals surface area contributed by atoms with Crippen molar-refractivity contribution in [2.45, 2.75) is 26.2 Å². The van der Waals surface area contributed by atoms with Crippen molar-refractivity contribution < 1.29 is 9.53 Å². The summed E-state index contributed by atoms with van der Waals surface area (Å²) in [6, 6.07) is 8.17. The van der Waals surface area contributed by atoms with E-state index >= 15 is 0 Å². The average molecular weight is 314 g/mol. The molecule has 0 spiro atoms. The topological polar surface area (TPSA) is 32.8 Å². The van der Waals surface area contributed by atoms with E-state index in [4.69, 9.17) is 4.74 Å². The first-order valence-corrected chi connectivity index (χ1v) is 8.69. The Morgan fingerprint density at radius 2 is 2.00 bits per heavy atom. The van der Waals surface area contributed by atoms with Crippen molar-refractivity contribution in [1.29, 1.82) is 0 Å². The first-order valence-electron chi connectivity index (χ1n) is 8.69. The Morgan fingerprint density at radius 3 is 2.70 bits per heavy atom. The van der Waals surface area contributed by atoms with Gasteiger partial charge in [0.05, 0.1) is 12.3 Å². The number of amides is 1. The molecule has 0 saturated carbocycles. The summed E-state index contributed by atoms with van der Waals surface area (Å²) in [5.74, 6) is 1.70. The molecule has 4 nitrogen and oxygen atoms in total. The van der Waals surface area contributed by atoms with Crippen molar-refractivity contribution in [3.8, 4) is 5.75 Å². The van der Waals surface area contributed by atoms with E-state index in [1.165, 1.54) is 0 Å². The Bertz CT molecular complexity index is 562. The normalized spacial score (nSPS) is 20.8. The summed E-state index contributed by atoms with van der Waals surface area (Å²) in [5.41, 5.74) is 1.14. The van der Waals surface area contributed by atoms with Gasteiger partial charge < -0.3 is 14.5 Å². The molecule has 0 radical (unpaired) electrons. The second-order valence-electron chi connectivity index (χ2n) is 6.24. The van der Waals surface area contributed by atoms with Crippen molar-refractivity contribution in [1.82, 2.24) is 4.90 Å². The maximum Gasteiger partial charge on any atom is 0.223 e. The molecule has 1 atom stereocenters. The predicted molar refractivity (Wildman–Crippen MR) is 92.9 cm³/mol. The van der Waals surface area contributed by atoms with Crippen LogP contribution in [0.5, 0.6) is 5.75 Å². The molecule has 2 aliphatic rings. The van der Waals surface area contributed by atoms with Gasteiger partial charge in [-0.1, -0.05) is 24.3 Å². The molecular formula is C19H26N2O2. The van der Waals surface area contributed by atoms with Crippen molar-refractivity contribution in [2.24, 2.45) is 5.92 Å². The Labute approximate surface area is 138 Å². The van der Waals surface area contributed by atoms with Gasteiger partial charge in [0.25, 0.3) is 0 Å². The Balaban J connectivity index is 1.56. The van der Waals surface area contributed by atoms with E-state index in [9.17, 15) is 4.79 Å². The highest BCUT2D eigenvalue weighted by Gasteiger charge is 2.24. The summed E-state index contributed by atoms with van der Waals surface area (Å²) in [4.78, 5) is 16.8. The second-order valence-corrected chi connectivity index (χ2v) is 6.24. The van der Waals surface area contributed by atoms with Crippen LogP contribution in [0.2, 0.25) is 0 Å². The molecule has 1 aliphatic carbocycles. The Morgan fingerprint density at radius 1 is 1.22 bits per heavy atom. The molecule has 1 unspecified atom stereocenters. The van der Waals surface area contributed by atoms with Crippen molar-refractivity contribution in [2.75, 3.05) is 37.7 Å². The summed E-state index contributed by atoms with van der Waals surface area (Å²) >= 11 is 0. The number of piperazine rings is 1. The Hall–Kier alpha value is -1.97. The van der Waals surface area contributed by atoms with Crippen molar-refractivity contribution in [3.05, 3.63) is 36.4 Å². The van der Waals surface area contributed by atoms with Gasteiger partial charge in [0.2, 0.25) is 5.91 Å². The summed E-state index contributed by atoms with van der Waals surface area (Å²) < 4.78 is 5.72. The zero-order valence-corrected chi connectivity index (χ0v) is 13.9. The van der Waals surface area contributed by atoms with E-state index < -0.39 is 0 Å². The molecule has 23 heavy (non-hydrogen) atoms. The summed E-state index contributed by atoms with van der Waals surface area (Å²) in [5, 5.41) is 0. The van der Waals surface area contributed by atoms with Gasteiger partial charge in [-0.05, 0) is 37.8 Å². The number of nitrogens with zero attached hydrogens (tertiary/aromatic N) is 2. The lowest BCUT2D eigenvalue weighted by Gasteiger charge is -2.37. The summed E-state index contributed by atoms with van der Waals surface area (Å²) in [6.07, 6.45) is 7.33. The first kappa shape index (κ1) is 15.9. The third-order valence-corrected chi connectivity index (χ3v) is 4.69. The van der Waals surface area contributed by atoms with Gasteiger partial charge in [-0.15, -0.1) is 0 Å².